The van der Waals surface area contributed by atoms with Gasteiger partial charge in [-0.25, -0.2) is 0 Å². The lowest BCUT2D eigenvalue weighted by Crippen LogP contribution is -2.32. The molecular formula is C27H28N2O3. The highest BCUT2D eigenvalue weighted by Crippen LogP contribution is 2.42. The summed E-state index contributed by atoms with van der Waals surface area (Å²) in [6, 6.07) is 25.0. The molecule has 1 fully saturated rings. The van der Waals surface area contributed by atoms with Crippen LogP contribution in [0.4, 0.5) is 0 Å². The van der Waals surface area contributed by atoms with Crippen molar-refractivity contribution in [2.45, 2.75) is 31.2 Å². The number of benzene rings is 3. The molecule has 5 heteroatoms. The van der Waals surface area contributed by atoms with Crippen molar-refractivity contribution < 1.29 is 14.7 Å². The number of hydrogen-bond donors (Lipinski definition) is 3. The van der Waals surface area contributed by atoms with Gasteiger partial charge in [0.2, 0.25) is 0 Å². The molecule has 2 atom stereocenters. The number of carbonyl (C=O) groups is 2. The van der Waals surface area contributed by atoms with E-state index in [1.54, 1.807) is 24.3 Å². The second kappa shape index (κ2) is 9.79. The van der Waals surface area contributed by atoms with Crippen molar-refractivity contribution in [3.63, 3.8) is 0 Å². The third-order valence-corrected chi connectivity index (χ3v) is 6.11. The molecule has 3 aromatic carbocycles. The maximum Gasteiger partial charge on any atom is 0.320 e. The lowest BCUT2D eigenvalue weighted by atomic mass is 9.92. The SMILES string of the molecule is NC(Cc1ccc(C(=O)NCC(c2ccc(-c3ccccc3)cc2)C2CC2)cc1)C(=O)O. The first-order valence-corrected chi connectivity index (χ1v) is 11.0. The van der Waals surface area contributed by atoms with Gasteiger partial charge in [0.15, 0.2) is 0 Å². The summed E-state index contributed by atoms with van der Waals surface area (Å²) in [6.07, 6.45) is 2.62. The molecule has 164 valence electrons. The standard InChI is InChI=1S/C27H28N2O3/c28-25(27(31)32)16-18-6-8-23(9-7-18)26(30)29-17-24(22-14-15-22)21-12-10-20(11-13-21)19-4-2-1-3-5-19/h1-13,22,24-25H,14-17,28H2,(H,29,30)(H,31,32). The van der Waals surface area contributed by atoms with Gasteiger partial charge in [0.1, 0.15) is 6.04 Å². The Labute approximate surface area is 188 Å². The van der Waals surface area contributed by atoms with Crippen molar-refractivity contribution in [1.29, 1.82) is 0 Å². The van der Waals surface area contributed by atoms with Crippen LogP contribution in [0.2, 0.25) is 0 Å². The Balaban J connectivity index is 1.38. The van der Waals surface area contributed by atoms with E-state index < -0.39 is 12.0 Å². The molecule has 0 saturated heterocycles. The summed E-state index contributed by atoms with van der Waals surface area (Å²) in [5, 5.41) is 12.0. The summed E-state index contributed by atoms with van der Waals surface area (Å²) in [4.78, 5) is 23.6. The number of carboxylic acids is 1. The topological polar surface area (TPSA) is 92.4 Å². The van der Waals surface area contributed by atoms with Gasteiger partial charge >= 0.3 is 5.97 Å². The van der Waals surface area contributed by atoms with Crippen LogP contribution >= 0.6 is 0 Å². The molecule has 2 unspecified atom stereocenters. The van der Waals surface area contributed by atoms with Gasteiger partial charge in [-0.15, -0.1) is 0 Å². The monoisotopic (exact) mass is 428 g/mol. The van der Waals surface area contributed by atoms with E-state index in [1.165, 1.54) is 29.5 Å². The second-order valence-electron chi connectivity index (χ2n) is 8.49. The van der Waals surface area contributed by atoms with Gasteiger partial charge in [0.05, 0.1) is 0 Å². The number of nitrogens with one attached hydrogen (secondary N) is 1. The molecule has 4 rings (SSSR count). The maximum absolute atomic E-state index is 12.7. The molecule has 0 aliphatic heterocycles. The summed E-state index contributed by atoms with van der Waals surface area (Å²) in [7, 11) is 0. The van der Waals surface area contributed by atoms with Crippen molar-refractivity contribution in [3.8, 4) is 11.1 Å². The molecule has 1 aliphatic carbocycles. The molecule has 0 radical (unpaired) electrons. The number of carboxylic acid groups (broad SMARTS) is 1. The molecule has 0 aromatic heterocycles. The van der Waals surface area contributed by atoms with E-state index in [9.17, 15) is 9.59 Å². The lowest BCUT2D eigenvalue weighted by molar-refractivity contribution is -0.138. The van der Waals surface area contributed by atoms with Crippen molar-refractivity contribution in [2.75, 3.05) is 6.54 Å². The summed E-state index contributed by atoms with van der Waals surface area (Å²) in [5.41, 5.74) is 10.6. The number of aliphatic carboxylic acids is 1. The predicted molar refractivity (Wildman–Crippen MR) is 125 cm³/mol. The summed E-state index contributed by atoms with van der Waals surface area (Å²) in [5.74, 6) is -0.241. The van der Waals surface area contributed by atoms with Gasteiger partial charge in [0.25, 0.3) is 5.91 Å². The molecular weight excluding hydrogens is 400 g/mol. The molecule has 32 heavy (non-hydrogen) atoms. The van der Waals surface area contributed by atoms with E-state index >= 15 is 0 Å². The Kier molecular flexibility index (Phi) is 6.66. The molecule has 5 nitrogen and oxygen atoms in total. The largest absolute Gasteiger partial charge is 0.480 e. The highest BCUT2D eigenvalue weighted by molar-refractivity contribution is 5.94. The van der Waals surface area contributed by atoms with Crippen LogP contribution in [0.15, 0.2) is 78.9 Å². The predicted octanol–water partition coefficient (Wildman–Crippen LogP) is 4.23. The average molecular weight is 429 g/mol. The Morgan fingerprint density at radius 2 is 1.53 bits per heavy atom. The second-order valence-corrected chi connectivity index (χ2v) is 8.49. The van der Waals surface area contributed by atoms with Gasteiger partial charge in [-0.1, -0.05) is 66.7 Å². The molecule has 0 bridgehead atoms. The smallest absolute Gasteiger partial charge is 0.320 e. The fourth-order valence-corrected chi connectivity index (χ4v) is 4.05. The summed E-state index contributed by atoms with van der Waals surface area (Å²) in [6.45, 7) is 0.597. The summed E-state index contributed by atoms with van der Waals surface area (Å²) < 4.78 is 0. The first-order chi connectivity index (χ1) is 15.5. The van der Waals surface area contributed by atoms with Gasteiger partial charge < -0.3 is 16.2 Å². The van der Waals surface area contributed by atoms with Crippen LogP contribution < -0.4 is 11.1 Å². The maximum atomic E-state index is 12.7. The van der Waals surface area contributed by atoms with Crippen LogP contribution in [0.1, 0.15) is 40.2 Å². The van der Waals surface area contributed by atoms with Gasteiger partial charge in [-0.3, -0.25) is 9.59 Å². The molecule has 1 amide bonds. The highest BCUT2D eigenvalue weighted by Gasteiger charge is 2.32. The summed E-state index contributed by atoms with van der Waals surface area (Å²) >= 11 is 0. The van der Waals surface area contributed by atoms with Crippen LogP contribution in [0.25, 0.3) is 11.1 Å². The Morgan fingerprint density at radius 1 is 0.906 bits per heavy atom. The van der Waals surface area contributed by atoms with E-state index in [0.717, 1.165) is 5.56 Å². The van der Waals surface area contributed by atoms with Crippen LogP contribution in [-0.4, -0.2) is 29.6 Å². The van der Waals surface area contributed by atoms with Gasteiger partial charge in [-0.2, -0.15) is 0 Å². The Bertz CT molecular complexity index is 1060. The van der Waals surface area contributed by atoms with Gasteiger partial charge in [0, 0.05) is 18.0 Å². The zero-order chi connectivity index (χ0) is 22.5. The number of carbonyl (C=O) groups excluding carboxylic acids is 1. The molecule has 0 heterocycles. The van der Waals surface area contributed by atoms with Crippen LogP contribution in [-0.2, 0) is 11.2 Å². The minimum atomic E-state index is -1.03. The first kappa shape index (κ1) is 21.8. The highest BCUT2D eigenvalue weighted by atomic mass is 16.4. The molecule has 0 spiro atoms. The number of hydrogen-bond acceptors (Lipinski definition) is 3. The Hall–Kier alpha value is -3.44. The van der Waals surface area contributed by atoms with E-state index in [-0.39, 0.29) is 12.3 Å². The van der Waals surface area contributed by atoms with Gasteiger partial charge in [-0.05, 0) is 59.6 Å². The molecule has 3 aromatic rings. The number of nitrogens with two attached hydrogens (primary N) is 1. The van der Waals surface area contributed by atoms with Crippen LogP contribution in [0.3, 0.4) is 0 Å². The van der Waals surface area contributed by atoms with Crippen molar-refractivity contribution in [2.24, 2.45) is 11.7 Å². The zero-order valence-electron chi connectivity index (χ0n) is 17.9. The third-order valence-electron chi connectivity index (χ3n) is 6.11. The van der Waals surface area contributed by atoms with Crippen LogP contribution in [0.5, 0.6) is 0 Å². The van der Waals surface area contributed by atoms with Crippen molar-refractivity contribution >= 4 is 11.9 Å². The third kappa shape index (κ3) is 5.42. The normalized spacial score (nSPS) is 15.0. The van der Waals surface area contributed by atoms with Crippen LogP contribution in [0, 0.1) is 5.92 Å². The first-order valence-electron chi connectivity index (χ1n) is 11.0. The molecule has 1 aliphatic rings. The lowest BCUT2D eigenvalue weighted by Gasteiger charge is -2.18. The fourth-order valence-electron chi connectivity index (χ4n) is 4.05. The zero-order valence-corrected chi connectivity index (χ0v) is 17.9. The van der Waals surface area contributed by atoms with E-state index in [0.29, 0.717) is 23.9 Å². The number of amides is 1. The fraction of sp³-hybridized carbons (Fsp3) is 0.259. The quantitative estimate of drug-likeness (QED) is 0.475. The molecule has 4 N–H and O–H groups in total. The minimum absolute atomic E-state index is 0.120. The molecule has 1 saturated carbocycles. The van der Waals surface area contributed by atoms with E-state index in [1.807, 2.05) is 18.2 Å². The Morgan fingerprint density at radius 3 is 2.12 bits per heavy atom. The van der Waals surface area contributed by atoms with Crippen molar-refractivity contribution in [3.05, 3.63) is 95.6 Å². The number of rotatable bonds is 9. The van der Waals surface area contributed by atoms with E-state index in [4.69, 9.17) is 10.8 Å². The van der Waals surface area contributed by atoms with Crippen molar-refractivity contribution in [1.82, 2.24) is 5.32 Å². The average Bonchev–Trinajstić information content (AvgIpc) is 3.66. The minimum Gasteiger partial charge on any atom is -0.480 e. The van der Waals surface area contributed by atoms with E-state index in [2.05, 4.69) is 41.7 Å².